The quantitative estimate of drug-likeness (QED) is 0.650. The zero-order valence-electron chi connectivity index (χ0n) is 16.3. The predicted molar refractivity (Wildman–Crippen MR) is 113 cm³/mol. The number of nitrogens with one attached hydrogen (secondary N) is 2. The number of hydrogen-bond donors (Lipinski definition) is 2. The van der Waals surface area contributed by atoms with Crippen molar-refractivity contribution < 1.29 is 14.1 Å². The highest BCUT2D eigenvalue weighted by Gasteiger charge is 2.32. The molecule has 0 spiro atoms. The van der Waals surface area contributed by atoms with Crippen molar-refractivity contribution in [2.75, 3.05) is 24.7 Å². The van der Waals surface area contributed by atoms with Crippen molar-refractivity contribution in [3.8, 4) is 0 Å². The van der Waals surface area contributed by atoms with Gasteiger partial charge in [0.1, 0.15) is 5.52 Å². The minimum Gasteiger partial charge on any atom is -0.440 e. The van der Waals surface area contributed by atoms with Gasteiger partial charge in [-0.3, -0.25) is 4.79 Å². The number of fused-ring (bicyclic) bond motifs is 1. The van der Waals surface area contributed by atoms with Crippen LogP contribution in [0.2, 0.25) is 0 Å². The molecule has 3 aromatic rings. The average molecular weight is 397 g/mol. The second-order valence-corrected chi connectivity index (χ2v) is 8.21. The number of aromatic nitrogens is 1. The number of para-hydroxylation sites is 3. The van der Waals surface area contributed by atoms with Gasteiger partial charge in [0.2, 0.25) is 0 Å². The first-order valence-electron chi connectivity index (χ1n) is 9.79. The summed E-state index contributed by atoms with van der Waals surface area (Å²) in [5.74, 6) is 1.26. The Morgan fingerprint density at radius 3 is 2.64 bits per heavy atom. The first kappa shape index (κ1) is 19.0. The minimum atomic E-state index is -0.0838. The van der Waals surface area contributed by atoms with Gasteiger partial charge in [-0.1, -0.05) is 24.3 Å². The number of quaternary nitrogens is 1. The third-order valence-corrected chi connectivity index (χ3v) is 6.45. The van der Waals surface area contributed by atoms with Gasteiger partial charge in [-0.25, -0.2) is 4.98 Å². The molecular weight excluding hydrogens is 370 g/mol. The summed E-state index contributed by atoms with van der Waals surface area (Å²) >= 11 is 1.65. The lowest BCUT2D eigenvalue weighted by Crippen LogP contribution is -3.17. The molecule has 1 aliphatic heterocycles. The molecule has 146 valence electrons. The lowest BCUT2D eigenvalue weighted by molar-refractivity contribution is -0.919. The summed E-state index contributed by atoms with van der Waals surface area (Å²) in [4.78, 5) is 19.9. The van der Waals surface area contributed by atoms with E-state index in [1.165, 1.54) is 4.90 Å². The van der Waals surface area contributed by atoms with E-state index in [0.717, 1.165) is 53.5 Å². The van der Waals surface area contributed by atoms with Crippen LogP contribution in [0.4, 0.5) is 5.69 Å². The molecule has 0 aliphatic carbocycles. The largest absolute Gasteiger partial charge is 0.440 e. The number of thioether (sulfide) groups is 1. The first-order valence-corrected chi connectivity index (χ1v) is 11.0. The third kappa shape index (κ3) is 3.93. The summed E-state index contributed by atoms with van der Waals surface area (Å²) in [6, 6.07) is 15.8. The van der Waals surface area contributed by atoms with Crippen LogP contribution in [0.5, 0.6) is 0 Å². The van der Waals surface area contributed by atoms with E-state index in [9.17, 15) is 4.79 Å². The molecule has 0 saturated carbocycles. The van der Waals surface area contributed by atoms with Crippen molar-refractivity contribution in [2.24, 2.45) is 0 Å². The first-order chi connectivity index (χ1) is 13.7. The molecule has 2 aromatic carbocycles. The van der Waals surface area contributed by atoms with Crippen LogP contribution in [0.15, 0.2) is 57.8 Å². The second-order valence-electron chi connectivity index (χ2n) is 7.36. The highest BCUT2D eigenvalue weighted by Crippen LogP contribution is 2.27. The zero-order valence-corrected chi connectivity index (χ0v) is 17.1. The SMILES string of the molecule is CSc1ccccc1NC(=O)[C@@H](C)[NH+]1CCC(c2nc3ccccc3o2)CC1. The number of anilines is 1. The Balaban J connectivity index is 1.36. The number of carbonyl (C=O) groups excluding carboxylic acids is 1. The minimum absolute atomic E-state index is 0.0804. The Bertz CT molecular complexity index is 930. The molecule has 28 heavy (non-hydrogen) atoms. The summed E-state index contributed by atoms with van der Waals surface area (Å²) in [7, 11) is 0. The van der Waals surface area contributed by atoms with Gasteiger partial charge in [-0.2, -0.15) is 0 Å². The van der Waals surface area contributed by atoms with Crippen LogP contribution in [-0.4, -0.2) is 36.3 Å². The zero-order chi connectivity index (χ0) is 19.5. The van der Waals surface area contributed by atoms with Crippen molar-refractivity contribution >= 4 is 34.5 Å². The summed E-state index contributed by atoms with van der Waals surface area (Å²) in [6.45, 7) is 3.91. The monoisotopic (exact) mass is 396 g/mol. The van der Waals surface area contributed by atoms with E-state index in [2.05, 4.69) is 10.3 Å². The maximum absolute atomic E-state index is 12.8. The van der Waals surface area contributed by atoms with Gasteiger partial charge in [0.15, 0.2) is 17.5 Å². The number of rotatable bonds is 5. The lowest BCUT2D eigenvalue weighted by atomic mass is 9.95. The molecule has 0 bridgehead atoms. The average Bonchev–Trinajstić information content (AvgIpc) is 3.18. The Morgan fingerprint density at radius 2 is 1.89 bits per heavy atom. The fourth-order valence-corrected chi connectivity index (χ4v) is 4.46. The Hall–Kier alpha value is -2.31. The highest BCUT2D eigenvalue weighted by atomic mass is 32.2. The molecular formula is C22H26N3O2S+. The summed E-state index contributed by atoms with van der Waals surface area (Å²) in [5, 5.41) is 3.11. The number of amides is 1. The van der Waals surface area contributed by atoms with Gasteiger partial charge in [0, 0.05) is 23.7 Å². The number of likely N-dealkylation sites (tertiary alicyclic amines) is 1. The van der Waals surface area contributed by atoms with Crippen LogP contribution >= 0.6 is 11.8 Å². The molecule has 5 nitrogen and oxygen atoms in total. The molecule has 4 rings (SSSR count). The number of piperidine rings is 1. The van der Waals surface area contributed by atoms with Crippen LogP contribution in [0.3, 0.4) is 0 Å². The lowest BCUT2D eigenvalue weighted by Gasteiger charge is -2.31. The van der Waals surface area contributed by atoms with Crippen molar-refractivity contribution in [2.45, 2.75) is 36.6 Å². The van der Waals surface area contributed by atoms with Crippen LogP contribution in [-0.2, 0) is 4.79 Å². The molecule has 1 amide bonds. The molecule has 2 N–H and O–H groups in total. The van der Waals surface area contributed by atoms with E-state index in [4.69, 9.17) is 4.42 Å². The normalized spacial score (nSPS) is 20.8. The van der Waals surface area contributed by atoms with E-state index in [-0.39, 0.29) is 11.9 Å². The van der Waals surface area contributed by atoms with Gasteiger partial charge < -0.3 is 14.6 Å². The molecule has 0 unspecified atom stereocenters. The topological polar surface area (TPSA) is 59.6 Å². The Labute approximate surface area is 169 Å². The number of carbonyl (C=O) groups is 1. The molecule has 6 heteroatoms. The Kier molecular flexibility index (Phi) is 5.69. The molecule has 2 heterocycles. The molecule has 1 fully saturated rings. The van der Waals surface area contributed by atoms with Gasteiger partial charge in [-0.05, 0) is 37.4 Å². The summed E-state index contributed by atoms with van der Waals surface area (Å²) in [6.07, 6.45) is 4.00. The van der Waals surface area contributed by atoms with Crippen LogP contribution in [0.1, 0.15) is 31.6 Å². The van der Waals surface area contributed by atoms with Gasteiger partial charge in [0.05, 0.1) is 18.8 Å². The van der Waals surface area contributed by atoms with Crippen LogP contribution in [0.25, 0.3) is 11.1 Å². The molecule has 1 aliphatic rings. The van der Waals surface area contributed by atoms with Gasteiger partial charge >= 0.3 is 0 Å². The summed E-state index contributed by atoms with van der Waals surface area (Å²) < 4.78 is 5.95. The molecule has 1 aromatic heterocycles. The highest BCUT2D eigenvalue weighted by molar-refractivity contribution is 7.98. The van der Waals surface area contributed by atoms with E-state index in [0.29, 0.717) is 5.92 Å². The maximum Gasteiger partial charge on any atom is 0.282 e. The third-order valence-electron chi connectivity index (χ3n) is 5.66. The van der Waals surface area contributed by atoms with Crippen LogP contribution < -0.4 is 10.2 Å². The van der Waals surface area contributed by atoms with Crippen molar-refractivity contribution in [1.82, 2.24) is 4.98 Å². The molecule has 1 saturated heterocycles. The number of nitrogens with zero attached hydrogens (tertiary/aromatic N) is 1. The molecule has 0 radical (unpaired) electrons. The van der Waals surface area contributed by atoms with E-state index < -0.39 is 0 Å². The smallest absolute Gasteiger partial charge is 0.282 e. The van der Waals surface area contributed by atoms with E-state index >= 15 is 0 Å². The number of oxazole rings is 1. The fraction of sp³-hybridized carbons (Fsp3) is 0.364. The van der Waals surface area contributed by atoms with Crippen molar-refractivity contribution in [3.63, 3.8) is 0 Å². The Morgan fingerprint density at radius 1 is 1.18 bits per heavy atom. The molecule has 1 atom stereocenters. The van der Waals surface area contributed by atoms with E-state index in [1.807, 2.05) is 61.7 Å². The van der Waals surface area contributed by atoms with Crippen molar-refractivity contribution in [1.29, 1.82) is 0 Å². The van der Waals surface area contributed by atoms with Gasteiger partial charge in [0.25, 0.3) is 5.91 Å². The maximum atomic E-state index is 12.8. The number of hydrogen-bond acceptors (Lipinski definition) is 4. The fourth-order valence-electron chi connectivity index (χ4n) is 3.91. The van der Waals surface area contributed by atoms with Crippen LogP contribution in [0, 0.1) is 0 Å². The number of benzene rings is 2. The second kappa shape index (κ2) is 8.37. The summed E-state index contributed by atoms with van der Waals surface area (Å²) in [5.41, 5.74) is 2.67. The predicted octanol–water partition coefficient (Wildman–Crippen LogP) is 3.34. The standard InChI is InChI=1S/C22H25N3O2S/c1-15(21(26)23-18-8-4-6-10-20(18)28-2)25-13-11-16(12-14-25)22-24-17-7-3-5-9-19(17)27-22/h3-10,15-16H,11-14H2,1-2H3,(H,23,26)/p+1/t15-/m1/s1. The van der Waals surface area contributed by atoms with Crippen molar-refractivity contribution in [3.05, 3.63) is 54.4 Å². The van der Waals surface area contributed by atoms with E-state index in [1.54, 1.807) is 11.8 Å². The van der Waals surface area contributed by atoms with Gasteiger partial charge in [-0.15, -0.1) is 11.8 Å².